The fraction of sp³-hybridized carbons (Fsp3) is 0.0556. The maximum atomic E-state index is 8.71. The minimum Gasteiger partial charge on any atom is -0.360 e. The van der Waals surface area contributed by atoms with Gasteiger partial charge in [0.2, 0.25) is 0 Å². The van der Waals surface area contributed by atoms with Gasteiger partial charge in [-0.25, -0.2) is 4.98 Å². The number of aryl methyl sites for hydroxylation is 1. The smallest absolute Gasteiger partial charge is 0.145 e. The van der Waals surface area contributed by atoms with Crippen LogP contribution in [0.25, 0.3) is 16.7 Å². The van der Waals surface area contributed by atoms with Crippen molar-refractivity contribution < 1.29 is 0 Å². The van der Waals surface area contributed by atoms with Crippen LogP contribution in [-0.4, -0.2) is 9.55 Å². The number of rotatable bonds is 3. The van der Waals surface area contributed by atoms with E-state index in [2.05, 4.69) is 14.9 Å². The second-order valence-corrected chi connectivity index (χ2v) is 4.96. The molecule has 0 atom stereocenters. The van der Waals surface area contributed by atoms with E-state index in [-0.39, 0.29) is 5.57 Å². The molecule has 2 aromatic carbocycles. The van der Waals surface area contributed by atoms with Crippen molar-refractivity contribution in [2.75, 3.05) is 5.32 Å². The standard InChI is InChI=1S/C18H13N5/c1-13-22-17-4-2-3-5-18(17)23(13)16-8-6-15(7-9-16)21-12-14(10-19)11-20/h2-9,12,21H,1H3. The molecule has 1 heterocycles. The summed E-state index contributed by atoms with van der Waals surface area (Å²) in [5, 5.41) is 20.4. The van der Waals surface area contributed by atoms with Crippen LogP contribution in [0, 0.1) is 29.6 Å². The van der Waals surface area contributed by atoms with Gasteiger partial charge in [0.1, 0.15) is 23.5 Å². The number of hydrogen-bond donors (Lipinski definition) is 1. The Labute approximate surface area is 133 Å². The minimum atomic E-state index is 0.0329. The highest BCUT2D eigenvalue weighted by Crippen LogP contribution is 2.22. The van der Waals surface area contributed by atoms with Crippen LogP contribution in [0.4, 0.5) is 5.69 Å². The maximum Gasteiger partial charge on any atom is 0.145 e. The molecule has 1 N–H and O–H groups in total. The molecule has 0 fully saturated rings. The summed E-state index contributed by atoms with van der Waals surface area (Å²) in [5.41, 5.74) is 3.86. The third kappa shape index (κ3) is 2.76. The fourth-order valence-corrected chi connectivity index (χ4v) is 2.42. The van der Waals surface area contributed by atoms with Gasteiger partial charge in [0.05, 0.1) is 11.0 Å². The minimum absolute atomic E-state index is 0.0329. The first kappa shape index (κ1) is 14.4. The van der Waals surface area contributed by atoms with Crippen molar-refractivity contribution in [1.82, 2.24) is 9.55 Å². The summed E-state index contributed by atoms with van der Waals surface area (Å²) in [6.45, 7) is 1.97. The number of imidazole rings is 1. The molecule has 0 radical (unpaired) electrons. The molecular weight excluding hydrogens is 286 g/mol. The molecule has 0 saturated carbocycles. The van der Waals surface area contributed by atoms with E-state index in [0.29, 0.717) is 0 Å². The molecule has 110 valence electrons. The number of aromatic nitrogens is 2. The Morgan fingerprint density at radius 3 is 2.48 bits per heavy atom. The molecular formula is C18H13N5. The van der Waals surface area contributed by atoms with E-state index in [4.69, 9.17) is 10.5 Å². The Balaban J connectivity index is 1.93. The Morgan fingerprint density at radius 2 is 1.78 bits per heavy atom. The van der Waals surface area contributed by atoms with Gasteiger partial charge in [-0.1, -0.05) is 12.1 Å². The number of para-hydroxylation sites is 2. The average Bonchev–Trinajstić information content (AvgIpc) is 2.92. The third-order valence-corrected chi connectivity index (χ3v) is 3.48. The quantitative estimate of drug-likeness (QED) is 0.748. The molecule has 0 aliphatic heterocycles. The van der Waals surface area contributed by atoms with E-state index < -0.39 is 0 Å². The lowest BCUT2D eigenvalue weighted by molar-refractivity contribution is 1.00. The number of anilines is 1. The summed E-state index contributed by atoms with van der Waals surface area (Å²) in [6.07, 6.45) is 1.40. The number of hydrogen-bond acceptors (Lipinski definition) is 4. The van der Waals surface area contributed by atoms with E-state index in [1.807, 2.05) is 67.6 Å². The SMILES string of the molecule is Cc1nc2ccccc2n1-c1ccc(NC=C(C#N)C#N)cc1. The first-order valence-electron chi connectivity index (χ1n) is 7.04. The molecule has 0 saturated heterocycles. The molecule has 0 aliphatic carbocycles. The first-order chi connectivity index (χ1) is 11.2. The molecule has 0 unspecified atom stereocenters. The van der Waals surface area contributed by atoms with Crippen LogP contribution in [0.3, 0.4) is 0 Å². The summed E-state index contributed by atoms with van der Waals surface area (Å²) in [4.78, 5) is 4.56. The Morgan fingerprint density at radius 1 is 1.09 bits per heavy atom. The zero-order valence-electron chi connectivity index (χ0n) is 12.5. The second-order valence-electron chi connectivity index (χ2n) is 4.96. The number of nitrogens with zero attached hydrogens (tertiary/aromatic N) is 4. The van der Waals surface area contributed by atoms with Gasteiger partial charge in [0.15, 0.2) is 0 Å². The van der Waals surface area contributed by atoms with Crippen molar-refractivity contribution in [1.29, 1.82) is 10.5 Å². The van der Waals surface area contributed by atoms with Crippen LogP contribution >= 0.6 is 0 Å². The highest BCUT2D eigenvalue weighted by atomic mass is 15.1. The Hall–Kier alpha value is -3.57. The molecule has 1 aromatic heterocycles. The van der Waals surface area contributed by atoms with Crippen molar-refractivity contribution in [3.63, 3.8) is 0 Å². The maximum absolute atomic E-state index is 8.71. The molecule has 0 amide bonds. The number of nitrogens with one attached hydrogen (secondary N) is 1. The van der Waals surface area contributed by atoms with E-state index in [9.17, 15) is 0 Å². The molecule has 23 heavy (non-hydrogen) atoms. The lowest BCUT2D eigenvalue weighted by Crippen LogP contribution is -1.97. The summed E-state index contributed by atoms with van der Waals surface area (Å²) in [6, 6.07) is 19.3. The molecule has 0 spiro atoms. The average molecular weight is 299 g/mol. The summed E-state index contributed by atoms with van der Waals surface area (Å²) < 4.78 is 2.09. The van der Waals surface area contributed by atoms with Crippen LogP contribution in [-0.2, 0) is 0 Å². The van der Waals surface area contributed by atoms with Gasteiger partial charge in [0.25, 0.3) is 0 Å². The number of benzene rings is 2. The van der Waals surface area contributed by atoms with E-state index in [1.165, 1.54) is 6.20 Å². The van der Waals surface area contributed by atoms with E-state index >= 15 is 0 Å². The van der Waals surface area contributed by atoms with Gasteiger partial charge in [-0.15, -0.1) is 0 Å². The fourth-order valence-electron chi connectivity index (χ4n) is 2.42. The lowest BCUT2D eigenvalue weighted by atomic mass is 10.2. The topological polar surface area (TPSA) is 77.4 Å². The highest BCUT2D eigenvalue weighted by Gasteiger charge is 2.08. The zero-order valence-corrected chi connectivity index (χ0v) is 12.5. The van der Waals surface area contributed by atoms with Crippen LogP contribution in [0.2, 0.25) is 0 Å². The predicted octanol–water partition coefficient (Wildman–Crippen LogP) is 3.68. The number of fused-ring (bicyclic) bond motifs is 1. The zero-order chi connectivity index (χ0) is 16.2. The van der Waals surface area contributed by atoms with Gasteiger partial charge >= 0.3 is 0 Å². The third-order valence-electron chi connectivity index (χ3n) is 3.48. The van der Waals surface area contributed by atoms with E-state index in [1.54, 1.807) is 0 Å². The van der Waals surface area contributed by atoms with Crippen molar-refractivity contribution in [2.45, 2.75) is 6.92 Å². The summed E-state index contributed by atoms with van der Waals surface area (Å²) >= 11 is 0. The van der Waals surface area contributed by atoms with Gasteiger partial charge in [-0.05, 0) is 43.3 Å². The van der Waals surface area contributed by atoms with Crippen LogP contribution in [0.5, 0.6) is 0 Å². The van der Waals surface area contributed by atoms with Gasteiger partial charge in [-0.3, -0.25) is 4.57 Å². The van der Waals surface area contributed by atoms with Crippen LogP contribution < -0.4 is 5.32 Å². The molecule has 5 nitrogen and oxygen atoms in total. The second kappa shape index (κ2) is 6.05. The van der Waals surface area contributed by atoms with E-state index in [0.717, 1.165) is 28.2 Å². The first-order valence-corrected chi connectivity index (χ1v) is 7.04. The Kier molecular flexibility index (Phi) is 3.78. The van der Waals surface area contributed by atoms with Gasteiger partial charge in [-0.2, -0.15) is 10.5 Å². The lowest BCUT2D eigenvalue weighted by Gasteiger charge is -2.08. The largest absolute Gasteiger partial charge is 0.360 e. The molecule has 0 bridgehead atoms. The molecule has 5 heteroatoms. The molecule has 0 aliphatic rings. The molecule has 3 rings (SSSR count). The van der Waals surface area contributed by atoms with Crippen molar-refractivity contribution >= 4 is 16.7 Å². The van der Waals surface area contributed by atoms with Crippen LogP contribution in [0.1, 0.15) is 5.82 Å². The molecule has 3 aromatic rings. The van der Waals surface area contributed by atoms with Crippen LogP contribution in [0.15, 0.2) is 60.3 Å². The van der Waals surface area contributed by atoms with Gasteiger partial charge in [0, 0.05) is 17.6 Å². The van der Waals surface area contributed by atoms with Crippen molar-refractivity contribution in [2.24, 2.45) is 0 Å². The predicted molar refractivity (Wildman–Crippen MR) is 88.7 cm³/mol. The highest BCUT2D eigenvalue weighted by molar-refractivity contribution is 5.78. The van der Waals surface area contributed by atoms with Gasteiger partial charge < -0.3 is 5.32 Å². The number of nitriles is 2. The Bertz CT molecular complexity index is 949. The monoisotopic (exact) mass is 299 g/mol. The normalized spacial score (nSPS) is 9.87. The summed E-state index contributed by atoms with van der Waals surface area (Å²) in [5.74, 6) is 0.919. The number of allylic oxidation sites excluding steroid dienone is 1. The van der Waals surface area contributed by atoms with Crippen molar-refractivity contribution in [3.8, 4) is 17.8 Å². The summed E-state index contributed by atoms with van der Waals surface area (Å²) in [7, 11) is 0. The van der Waals surface area contributed by atoms with Crippen molar-refractivity contribution in [3.05, 3.63) is 66.1 Å².